The number of hydrogen-bond donors (Lipinski definition) is 3. The average molecular weight is 1630 g/mol. The molecule has 9 heterocycles. The van der Waals surface area contributed by atoms with Crippen LogP contribution in [0.2, 0.25) is 0 Å². The van der Waals surface area contributed by atoms with Crippen molar-refractivity contribution in [1.29, 1.82) is 0 Å². The molecule has 3 aromatic carbocycles. The maximum absolute atomic E-state index is 12.6. The summed E-state index contributed by atoms with van der Waals surface area (Å²) in [5, 5.41) is 30.0. The molecule has 0 bridgehead atoms. The lowest BCUT2D eigenvalue weighted by Crippen LogP contribution is -2.62. The van der Waals surface area contributed by atoms with E-state index in [1.54, 1.807) is 45.2 Å². The molecule has 113 heavy (non-hydrogen) atoms. The molecule has 3 saturated heterocycles. The van der Waals surface area contributed by atoms with E-state index in [1.165, 1.54) is 55.3 Å². The number of aliphatic hydroxyl groups is 1. The van der Waals surface area contributed by atoms with E-state index in [1.807, 2.05) is 103 Å². The Hall–Kier alpha value is -8.60. The van der Waals surface area contributed by atoms with Gasteiger partial charge in [-0.3, -0.25) is 14.7 Å². The quantitative estimate of drug-likeness (QED) is 0.0853. The zero-order chi connectivity index (χ0) is 81.4. The summed E-state index contributed by atoms with van der Waals surface area (Å²) in [6, 6.07) is 12.0. The van der Waals surface area contributed by atoms with Gasteiger partial charge >= 0.3 is 42.6 Å². The van der Waals surface area contributed by atoms with Crippen molar-refractivity contribution in [3.05, 3.63) is 84.3 Å². The van der Waals surface area contributed by atoms with Crippen molar-refractivity contribution < 1.29 is 99.5 Å². The highest BCUT2D eigenvalue weighted by Crippen LogP contribution is 2.51. The van der Waals surface area contributed by atoms with Gasteiger partial charge in [0.25, 0.3) is 0 Å². The van der Waals surface area contributed by atoms with Crippen molar-refractivity contribution in [3.63, 3.8) is 0 Å². The van der Waals surface area contributed by atoms with Crippen molar-refractivity contribution in [3.8, 4) is 51.0 Å². The van der Waals surface area contributed by atoms with Gasteiger partial charge in [0.1, 0.15) is 49.1 Å². The van der Waals surface area contributed by atoms with E-state index in [9.17, 15) is 42.3 Å². The molecule has 3 aliphatic carbocycles. The number of nitrogens with one attached hydrogen (secondary N) is 1. The molecule has 15 rings (SSSR count). The average Bonchev–Trinajstić information content (AvgIpc) is 1.72. The molecular formula is C80H102F3N9O18S3. The fourth-order valence-corrected chi connectivity index (χ4v) is 17.5. The minimum atomic E-state index is -5.08. The lowest BCUT2D eigenvalue weighted by molar-refractivity contribution is -0.192. The molecule has 0 unspecified atom stereocenters. The summed E-state index contributed by atoms with van der Waals surface area (Å²) in [5.41, 5.74) is 7.44. The van der Waals surface area contributed by atoms with E-state index < -0.39 is 40.6 Å². The van der Waals surface area contributed by atoms with Crippen molar-refractivity contribution in [2.75, 3.05) is 89.5 Å². The second-order valence-electron chi connectivity index (χ2n) is 32.1. The van der Waals surface area contributed by atoms with E-state index in [4.69, 9.17) is 72.2 Å². The lowest BCUT2D eigenvalue weighted by atomic mass is 9.92. The minimum absolute atomic E-state index is 0.0222. The summed E-state index contributed by atoms with van der Waals surface area (Å²) >= 11 is 4.52. The molecule has 6 fully saturated rings. The number of aromatic nitrogens is 3. The van der Waals surface area contributed by atoms with Crippen LogP contribution in [-0.4, -0.2) is 200 Å². The van der Waals surface area contributed by atoms with E-state index in [-0.39, 0.29) is 79.5 Å². The number of fused-ring (bicyclic) bond motifs is 3. The molecule has 3 saturated carbocycles. The number of alkyl halides is 3. The first-order valence-corrected chi connectivity index (χ1v) is 41.0. The Labute approximate surface area is 667 Å². The topological polar surface area (TPSA) is 302 Å². The smallest absolute Gasteiger partial charge is 0.489 e. The van der Waals surface area contributed by atoms with E-state index >= 15 is 0 Å². The van der Waals surface area contributed by atoms with Crippen LogP contribution in [0.1, 0.15) is 171 Å². The number of halogens is 3. The zero-order valence-electron chi connectivity index (χ0n) is 66.4. The number of carboxylic acids is 1. The predicted octanol–water partition coefficient (Wildman–Crippen LogP) is 15.6. The number of aliphatic carboxylic acids is 1. The Balaban J connectivity index is 0.000000151. The first-order valence-electron chi connectivity index (χ1n) is 38.3. The largest absolute Gasteiger partial charge is 0.490 e. The molecule has 0 radical (unpaired) electrons. The Bertz CT molecular complexity index is 4470. The summed E-state index contributed by atoms with van der Waals surface area (Å²) in [4.78, 5) is 94.5. The molecule has 27 nitrogen and oxygen atoms in total. The number of hydrogen-bond acceptors (Lipinski definition) is 24. The van der Waals surface area contributed by atoms with Crippen LogP contribution in [0.3, 0.4) is 0 Å². The van der Waals surface area contributed by atoms with Crippen LogP contribution in [0.15, 0.2) is 52.5 Å². The number of nitrogens with zero attached hydrogens (tertiary/aromatic N) is 8. The first kappa shape index (κ1) is 83.8. The molecular weight excluding hydrogens is 1530 g/mol. The van der Waals surface area contributed by atoms with Gasteiger partial charge in [0, 0.05) is 95.0 Å². The first-order chi connectivity index (χ1) is 53.5. The summed E-state index contributed by atoms with van der Waals surface area (Å²) < 4.78 is 89.2. The number of likely N-dealkylation sites (tertiary alicyclic amines) is 2. The second kappa shape index (κ2) is 33.7. The molecule has 9 aliphatic rings. The third kappa shape index (κ3) is 17.8. The highest BCUT2D eigenvalue weighted by molar-refractivity contribution is 7.10. The van der Waals surface area contributed by atoms with Gasteiger partial charge in [-0.15, -0.1) is 34.0 Å². The van der Waals surface area contributed by atoms with Crippen molar-refractivity contribution in [2.45, 2.75) is 229 Å². The standard InChI is InChI=1S/C28H37N3O6S.C27H35N3O6S.C23H29N3O4S.C2HF3O2/c1-17-10-11-20-22(31(17)26(33)34-5)13-12-19(23(20)36-18-8-7-9-18)21-14-38-24(29-21)28(35-6)15-30(16-28)25(32)37-27(2,3)4;1-16-9-10-19-21(30(16)25(32)34-5)12-11-18(22(19)35-17-7-6-8-17)20-13-37-23(28-20)27(33)14-29(15-27)24(31)36-26(2,3)4;1-14-7-8-17-19(26(14)22(27)28-2)10-9-16(20(17)30-15-5-4-6-15)18-11-31-21(25-18)23(29-3)12-24-13-23;3-2(4,5)1(6)7/h12-14,17-18H,7-11,15-16H2,1-6H3;11-13,16-17,33H,6-10,14-15H2,1-5H3;9-11,14-15,24H,4-8,12-13H2,1-3H3;(H,6,7)/t17-;16-;14-;/m000./s1. The van der Waals surface area contributed by atoms with Crippen molar-refractivity contribution in [2.24, 2.45) is 0 Å². The molecule has 33 heteroatoms. The summed E-state index contributed by atoms with van der Waals surface area (Å²) in [7, 11) is 7.64. The summed E-state index contributed by atoms with van der Waals surface area (Å²) in [6.07, 6.45) is 8.24. The number of carboxylic acid groups (broad SMARTS) is 1. The molecule has 0 spiro atoms. The van der Waals surface area contributed by atoms with E-state index in [0.29, 0.717) is 23.8 Å². The number of anilines is 3. The monoisotopic (exact) mass is 1630 g/mol. The maximum atomic E-state index is 12.6. The van der Waals surface area contributed by atoms with E-state index in [2.05, 4.69) is 17.6 Å². The van der Waals surface area contributed by atoms with Gasteiger partial charge in [0.2, 0.25) is 0 Å². The number of benzene rings is 3. The highest BCUT2D eigenvalue weighted by atomic mass is 32.1. The van der Waals surface area contributed by atoms with Crippen LogP contribution in [0.25, 0.3) is 33.8 Å². The number of carbonyl (C=O) groups is 6. The SMILES string of the molecule is COC(=O)N1c2ccc(-c3csc(C4(O)CN(C(=O)OC(C)(C)C)C4)n3)c(OC3CCC3)c2CC[C@@H]1C.COC(=O)N1c2ccc(-c3csc(C4(OC)CN(C(=O)OC(C)(C)C)C4)n3)c(OC3CCC3)c2CC[C@@H]1C.COC(=O)N1c2ccc(-c3csc(C4(OC)CNC4)n3)c(OC3CCC3)c2CC[C@@H]1C.O=C(O)C(F)(F)F. The Kier molecular flexibility index (Phi) is 25.0. The fraction of sp³-hybridized carbons (Fsp3) is 0.588. The van der Waals surface area contributed by atoms with Crippen LogP contribution in [0.5, 0.6) is 17.2 Å². The molecule has 6 aliphatic heterocycles. The van der Waals surface area contributed by atoms with Gasteiger partial charge in [-0.1, -0.05) is 0 Å². The van der Waals surface area contributed by atoms with Crippen LogP contribution < -0.4 is 34.2 Å². The Morgan fingerprint density at radius 1 is 0.469 bits per heavy atom. The molecule has 614 valence electrons. The molecule has 6 aromatic rings. The van der Waals surface area contributed by atoms with Gasteiger partial charge in [-0.2, -0.15) is 13.2 Å². The van der Waals surface area contributed by atoms with Crippen molar-refractivity contribution in [1.82, 2.24) is 30.1 Å². The number of thiazole rings is 3. The van der Waals surface area contributed by atoms with Gasteiger partial charge in [0.15, 0.2) is 11.2 Å². The third-order valence-electron chi connectivity index (χ3n) is 21.8. The normalized spacial score (nSPS) is 20.7. The highest BCUT2D eigenvalue weighted by Gasteiger charge is 2.52. The number of carbonyl (C=O) groups excluding carboxylic acids is 5. The number of methoxy groups -OCH3 is 5. The maximum Gasteiger partial charge on any atom is 0.490 e. The lowest BCUT2D eigenvalue weighted by Gasteiger charge is -2.47. The Morgan fingerprint density at radius 3 is 1.05 bits per heavy atom. The van der Waals surface area contributed by atoms with Gasteiger partial charge in [-0.25, -0.2) is 43.7 Å². The van der Waals surface area contributed by atoms with Gasteiger partial charge < -0.3 is 72.7 Å². The number of ether oxygens (including phenoxy) is 10. The number of rotatable bonds is 14. The van der Waals surface area contributed by atoms with Gasteiger partial charge in [0.05, 0.1) is 100.0 Å². The van der Waals surface area contributed by atoms with Crippen LogP contribution in [0.4, 0.5) is 54.2 Å². The van der Waals surface area contributed by atoms with Crippen LogP contribution in [-0.2, 0) is 74.0 Å². The molecule has 3 aromatic heterocycles. The second-order valence-corrected chi connectivity index (χ2v) is 34.7. The van der Waals surface area contributed by atoms with E-state index in [0.717, 1.165) is 192 Å². The molecule has 5 amide bonds. The van der Waals surface area contributed by atoms with Crippen LogP contribution in [0, 0.1) is 0 Å². The zero-order valence-corrected chi connectivity index (χ0v) is 68.8. The summed E-state index contributed by atoms with van der Waals surface area (Å²) in [5.74, 6) is -0.318. The molecule has 3 atom stereocenters. The minimum Gasteiger partial charge on any atom is -0.489 e. The van der Waals surface area contributed by atoms with Crippen molar-refractivity contribution >= 4 is 87.5 Å². The number of amides is 5. The fourth-order valence-electron chi connectivity index (χ4n) is 14.6. The Morgan fingerprint density at radius 2 is 0.779 bits per heavy atom. The third-order valence-corrected chi connectivity index (χ3v) is 24.9. The van der Waals surface area contributed by atoms with Gasteiger partial charge in [-0.05, 0) is 195 Å². The molecule has 3 N–H and O–H groups in total. The summed E-state index contributed by atoms with van der Waals surface area (Å²) in [6.45, 7) is 19.7. The van der Waals surface area contributed by atoms with Crippen LogP contribution >= 0.6 is 34.0 Å². The predicted molar refractivity (Wildman–Crippen MR) is 419 cm³/mol. The number of β-amino-alcohol motifs (C(OH)–C–C–N with tert-alkyl or cyclic N) is 1.